The van der Waals surface area contributed by atoms with Gasteiger partial charge >= 0.3 is 0 Å². The van der Waals surface area contributed by atoms with E-state index in [0.717, 1.165) is 6.26 Å². The molecular weight excluding hydrogens is 324 g/mol. The van der Waals surface area contributed by atoms with Crippen molar-refractivity contribution in [1.29, 1.82) is 5.26 Å². The first kappa shape index (κ1) is 18.4. The van der Waals surface area contributed by atoms with Gasteiger partial charge in [0.1, 0.15) is 29.8 Å². The largest absolute Gasteiger partial charge is 0.496 e. The Morgan fingerprint density at radius 2 is 2.28 bits per heavy atom. The van der Waals surface area contributed by atoms with Crippen molar-refractivity contribution in [2.75, 3.05) is 13.7 Å². The first-order chi connectivity index (χ1) is 11.9. The zero-order valence-electron chi connectivity index (χ0n) is 14.3. The molecule has 1 aliphatic heterocycles. The first-order valence-electron chi connectivity index (χ1n) is 7.64. The van der Waals surface area contributed by atoms with Crippen LogP contribution in [0, 0.1) is 11.3 Å². The molecule has 0 saturated carbocycles. The molecule has 2 atom stereocenters. The van der Waals surface area contributed by atoms with Crippen molar-refractivity contribution in [3.8, 4) is 11.8 Å². The monoisotopic (exact) mass is 344 g/mol. The summed E-state index contributed by atoms with van der Waals surface area (Å²) in [5.41, 5.74) is 0.319. The van der Waals surface area contributed by atoms with Crippen LogP contribution in [-0.4, -0.2) is 36.5 Å². The molecule has 2 N–H and O–H groups in total. The highest BCUT2D eigenvalue weighted by Gasteiger charge is 2.42. The van der Waals surface area contributed by atoms with Crippen molar-refractivity contribution < 1.29 is 24.1 Å². The number of rotatable bonds is 6. The minimum absolute atomic E-state index is 0.0343. The summed E-state index contributed by atoms with van der Waals surface area (Å²) in [7, 11) is 1.47. The van der Waals surface area contributed by atoms with E-state index in [1.807, 2.05) is 0 Å². The minimum Gasteiger partial charge on any atom is -0.496 e. The number of nitriles is 1. The van der Waals surface area contributed by atoms with E-state index in [1.54, 1.807) is 38.2 Å². The topological polar surface area (TPSA) is 101 Å². The normalized spacial score (nSPS) is 21.0. The van der Waals surface area contributed by atoms with E-state index in [4.69, 9.17) is 19.5 Å². The number of aliphatic hydroxyl groups is 1. The Morgan fingerprint density at radius 1 is 1.52 bits per heavy atom. The molecular formula is C18H20N2O5. The van der Waals surface area contributed by atoms with Gasteiger partial charge in [-0.25, -0.2) is 4.79 Å². The van der Waals surface area contributed by atoms with E-state index in [2.05, 4.69) is 11.4 Å². The van der Waals surface area contributed by atoms with E-state index < -0.39 is 17.7 Å². The van der Waals surface area contributed by atoms with Crippen molar-refractivity contribution in [1.82, 2.24) is 5.32 Å². The number of aliphatic hydroxyl groups excluding tert-OH is 1. The van der Waals surface area contributed by atoms with Crippen molar-refractivity contribution in [2.24, 2.45) is 0 Å². The molecule has 0 spiro atoms. The molecule has 0 amide bonds. The molecule has 7 nitrogen and oxygen atoms in total. The summed E-state index contributed by atoms with van der Waals surface area (Å²) >= 11 is 0. The number of hydrogen-bond acceptors (Lipinski definition) is 7. The van der Waals surface area contributed by atoms with Gasteiger partial charge in [-0.05, 0) is 32.0 Å². The molecule has 132 valence electrons. The number of fused-ring (bicyclic) bond motifs is 1. The molecule has 1 heterocycles. The fourth-order valence-corrected chi connectivity index (χ4v) is 2.55. The number of nitrogens with zero attached hydrogens (tertiary/aromatic N) is 1. The van der Waals surface area contributed by atoms with Gasteiger partial charge in [0.25, 0.3) is 0 Å². The van der Waals surface area contributed by atoms with Gasteiger partial charge in [-0.1, -0.05) is 0 Å². The second kappa shape index (κ2) is 7.75. The maximum absolute atomic E-state index is 10.7. The molecule has 0 bridgehead atoms. The van der Waals surface area contributed by atoms with Crippen molar-refractivity contribution in [2.45, 2.75) is 31.6 Å². The molecule has 0 saturated heterocycles. The Hall–Kier alpha value is -2.94. The van der Waals surface area contributed by atoms with E-state index in [0.29, 0.717) is 22.6 Å². The molecule has 0 radical (unpaired) electrons. The molecule has 0 aliphatic carbocycles. The van der Waals surface area contributed by atoms with Gasteiger partial charge < -0.3 is 24.6 Å². The van der Waals surface area contributed by atoms with Crippen LogP contribution in [0.4, 0.5) is 0 Å². The van der Waals surface area contributed by atoms with Gasteiger partial charge in [-0.2, -0.15) is 5.26 Å². The van der Waals surface area contributed by atoms with Gasteiger partial charge in [0.05, 0.1) is 24.8 Å². The predicted molar refractivity (Wildman–Crippen MR) is 89.1 cm³/mol. The third-order valence-electron chi connectivity index (χ3n) is 3.92. The summed E-state index contributed by atoms with van der Waals surface area (Å²) in [6, 6.07) is 6.62. The lowest BCUT2D eigenvalue weighted by Gasteiger charge is -2.42. The van der Waals surface area contributed by atoms with Crippen LogP contribution in [0.15, 0.2) is 36.4 Å². The highest BCUT2D eigenvalue weighted by atomic mass is 16.5. The molecule has 0 fully saturated rings. The Morgan fingerprint density at radius 3 is 2.92 bits per heavy atom. The maximum atomic E-state index is 10.7. The second-order valence-corrected chi connectivity index (χ2v) is 6.02. The van der Waals surface area contributed by atoms with E-state index in [9.17, 15) is 9.90 Å². The van der Waals surface area contributed by atoms with Gasteiger partial charge in [0.15, 0.2) is 12.2 Å². The summed E-state index contributed by atoms with van der Waals surface area (Å²) in [5, 5.41) is 22.9. The van der Waals surface area contributed by atoms with Crippen LogP contribution in [0.5, 0.6) is 5.75 Å². The Bertz CT molecular complexity index is 744. The van der Waals surface area contributed by atoms with Gasteiger partial charge in [-0.15, -0.1) is 0 Å². The minimum atomic E-state index is -0.876. The number of hydrogen-bond donors (Lipinski definition) is 2. The lowest BCUT2D eigenvalue weighted by molar-refractivity contribution is -0.0623. The molecule has 2 rings (SSSR count). The average molecular weight is 344 g/mol. The Balaban J connectivity index is 2.31. The van der Waals surface area contributed by atoms with E-state index in [-0.39, 0.29) is 6.61 Å². The summed E-state index contributed by atoms with van der Waals surface area (Å²) < 4.78 is 16.0. The molecule has 0 unspecified atom stereocenters. The lowest BCUT2D eigenvalue weighted by atomic mass is 9.86. The fourth-order valence-electron chi connectivity index (χ4n) is 2.55. The maximum Gasteiger partial charge on any atom is 0.167 e. The van der Waals surface area contributed by atoms with Crippen LogP contribution in [0.2, 0.25) is 0 Å². The average Bonchev–Trinajstić information content (AvgIpc) is 2.60. The quantitative estimate of drug-likeness (QED) is 0.597. The van der Waals surface area contributed by atoms with Crippen molar-refractivity contribution in [3.63, 3.8) is 0 Å². The van der Waals surface area contributed by atoms with Crippen LogP contribution < -0.4 is 10.1 Å². The predicted octanol–water partition coefficient (Wildman–Crippen LogP) is 1.57. The summed E-state index contributed by atoms with van der Waals surface area (Å²) in [6.07, 6.45) is 1.57. The molecule has 1 aromatic rings. The lowest BCUT2D eigenvalue weighted by Crippen LogP contribution is -2.51. The van der Waals surface area contributed by atoms with Crippen LogP contribution in [0.3, 0.4) is 0 Å². The fraction of sp³-hybridized carbons (Fsp3) is 0.389. The molecule has 1 aliphatic rings. The number of methoxy groups -OCH3 is 1. The molecule has 25 heavy (non-hydrogen) atoms. The van der Waals surface area contributed by atoms with Gasteiger partial charge in [0.2, 0.25) is 0 Å². The smallest absolute Gasteiger partial charge is 0.167 e. The van der Waals surface area contributed by atoms with Crippen LogP contribution >= 0.6 is 0 Å². The summed E-state index contributed by atoms with van der Waals surface area (Å²) in [5.74, 6) is 2.52. The Kier molecular flexibility index (Phi) is 5.71. The summed E-state index contributed by atoms with van der Waals surface area (Å²) in [4.78, 5) is 10.1. The number of ether oxygens (including phenoxy) is 3. The molecule has 1 aromatic carbocycles. The SMILES string of the molecule is COC(=CN[C@@H]1c2cc(C#N)ccc2OC(C)(C)[C@H]1O)COC=C=O. The highest BCUT2D eigenvalue weighted by Crippen LogP contribution is 2.40. The third kappa shape index (κ3) is 4.13. The molecule has 0 aromatic heterocycles. The van der Waals surface area contributed by atoms with Crippen LogP contribution in [-0.2, 0) is 14.3 Å². The first-order valence-corrected chi connectivity index (χ1v) is 7.64. The van der Waals surface area contributed by atoms with Gasteiger partial charge in [0, 0.05) is 11.8 Å². The standard InChI is InChI=1S/C18H20N2O5/c1-18(2)17(22)16(20-10-13(23-3)11-24-7-6-21)14-8-12(9-19)4-5-15(14)25-18/h4-5,7-8,10,16-17,20,22H,11H2,1-3H3/t16-,17+/m1/s1. The molecule has 7 heteroatoms. The number of benzene rings is 1. The summed E-state index contributed by atoms with van der Waals surface area (Å²) in [6.45, 7) is 3.60. The Labute approximate surface area is 146 Å². The second-order valence-electron chi connectivity index (χ2n) is 6.02. The zero-order chi connectivity index (χ0) is 18.4. The number of carbonyl (C=O) groups excluding carboxylic acids is 1. The van der Waals surface area contributed by atoms with Gasteiger partial charge in [-0.3, -0.25) is 0 Å². The van der Waals surface area contributed by atoms with Crippen LogP contribution in [0.25, 0.3) is 0 Å². The third-order valence-corrected chi connectivity index (χ3v) is 3.92. The highest BCUT2D eigenvalue weighted by molar-refractivity contribution is 5.46. The van der Waals surface area contributed by atoms with Crippen molar-refractivity contribution in [3.05, 3.63) is 47.5 Å². The van der Waals surface area contributed by atoms with E-state index in [1.165, 1.54) is 13.1 Å². The zero-order valence-corrected chi connectivity index (χ0v) is 14.3. The van der Waals surface area contributed by atoms with E-state index >= 15 is 0 Å². The number of nitrogens with one attached hydrogen (secondary N) is 1. The van der Waals surface area contributed by atoms with Crippen LogP contribution in [0.1, 0.15) is 31.0 Å². The van der Waals surface area contributed by atoms with Crippen molar-refractivity contribution >= 4 is 5.94 Å².